The second-order valence-corrected chi connectivity index (χ2v) is 6.91. The number of hydrogen-bond donors (Lipinski definition) is 1. The molecule has 0 spiro atoms. The van der Waals surface area contributed by atoms with Gasteiger partial charge in [0.05, 0.1) is 22.2 Å². The Morgan fingerprint density at radius 1 is 1.37 bits per heavy atom. The normalized spacial score (nSPS) is 13.4. The molecule has 102 valence electrons. The minimum absolute atomic E-state index is 0.141. The lowest BCUT2D eigenvalue weighted by Gasteiger charge is -2.12. The van der Waals surface area contributed by atoms with Crippen molar-refractivity contribution in [2.24, 2.45) is 0 Å². The number of nitrogens with one attached hydrogen (secondary N) is 1. The van der Waals surface area contributed by atoms with Crippen molar-refractivity contribution >= 4 is 37.6 Å². The van der Waals surface area contributed by atoms with Crippen molar-refractivity contribution in [1.29, 1.82) is 0 Å². The van der Waals surface area contributed by atoms with Gasteiger partial charge in [0.25, 0.3) is 0 Å². The van der Waals surface area contributed by atoms with Gasteiger partial charge < -0.3 is 4.42 Å². The fraction of sp³-hybridized carbons (Fsp3) is 0.167. The van der Waals surface area contributed by atoms with E-state index in [4.69, 9.17) is 16.0 Å². The largest absolute Gasteiger partial charge is 0.468 e. The topological polar surface area (TPSA) is 59.3 Å². The van der Waals surface area contributed by atoms with Gasteiger partial charge >= 0.3 is 0 Å². The quantitative estimate of drug-likeness (QED) is 0.899. The second-order valence-electron chi connectivity index (χ2n) is 3.93. The van der Waals surface area contributed by atoms with Crippen LogP contribution in [0.15, 0.2) is 50.4 Å². The molecule has 2 rings (SSSR count). The predicted molar refractivity (Wildman–Crippen MR) is 76.6 cm³/mol. The third kappa shape index (κ3) is 3.39. The van der Waals surface area contributed by atoms with E-state index in [0.717, 1.165) is 0 Å². The van der Waals surface area contributed by atoms with Crippen molar-refractivity contribution in [3.63, 3.8) is 0 Å². The van der Waals surface area contributed by atoms with Crippen LogP contribution in [0, 0.1) is 0 Å². The highest BCUT2D eigenvalue weighted by atomic mass is 79.9. The summed E-state index contributed by atoms with van der Waals surface area (Å²) in [6.07, 6.45) is 1.50. The molecule has 0 saturated carbocycles. The van der Waals surface area contributed by atoms with Crippen LogP contribution >= 0.6 is 27.5 Å². The molecule has 7 heteroatoms. The first-order valence-electron chi connectivity index (χ1n) is 5.41. The van der Waals surface area contributed by atoms with Gasteiger partial charge in [-0.25, -0.2) is 13.1 Å². The Labute approximate surface area is 124 Å². The van der Waals surface area contributed by atoms with Crippen LogP contribution in [0.25, 0.3) is 0 Å². The van der Waals surface area contributed by atoms with Gasteiger partial charge in [0.1, 0.15) is 5.76 Å². The molecule has 1 N–H and O–H groups in total. The van der Waals surface area contributed by atoms with Gasteiger partial charge in [-0.2, -0.15) is 0 Å². The molecule has 0 aliphatic carbocycles. The highest BCUT2D eigenvalue weighted by Crippen LogP contribution is 2.26. The zero-order valence-electron chi connectivity index (χ0n) is 9.93. The Morgan fingerprint density at radius 2 is 2.11 bits per heavy atom. The molecule has 1 atom stereocenters. The highest BCUT2D eigenvalue weighted by Gasteiger charge is 2.20. The Kier molecular flexibility index (Phi) is 4.35. The molecule has 0 saturated heterocycles. The number of hydrogen-bond acceptors (Lipinski definition) is 3. The van der Waals surface area contributed by atoms with Crippen LogP contribution in [0.1, 0.15) is 18.7 Å². The van der Waals surface area contributed by atoms with Crippen molar-refractivity contribution in [3.05, 3.63) is 51.9 Å². The third-order valence-electron chi connectivity index (χ3n) is 2.50. The minimum Gasteiger partial charge on any atom is -0.468 e. The Morgan fingerprint density at radius 3 is 2.68 bits per heavy atom. The summed E-state index contributed by atoms with van der Waals surface area (Å²) in [6, 6.07) is 7.40. The molecule has 19 heavy (non-hydrogen) atoms. The first-order chi connectivity index (χ1) is 8.90. The van der Waals surface area contributed by atoms with E-state index in [-0.39, 0.29) is 4.90 Å². The van der Waals surface area contributed by atoms with Crippen LogP contribution in [-0.2, 0) is 10.0 Å². The SMILES string of the molecule is CC(NS(=O)(=O)c1ccc(Cl)c(Br)c1)c1ccco1. The maximum Gasteiger partial charge on any atom is 0.241 e. The number of benzene rings is 1. The monoisotopic (exact) mass is 363 g/mol. The number of sulfonamides is 1. The Bertz CT molecular complexity index is 670. The smallest absolute Gasteiger partial charge is 0.241 e. The van der Waals surface area contributed by atoms with Crippen LogP contribution in [0.5, 0.6) is 0 Å². The molecule has 0 aliphatic heterocycles. The lowest BCUT2D eigenvalue weighted by atomic mass is 10.3. The van der Waals surface area contributed by atoms with Gasteiger partial charge in [0.15, 0.2) is 0 Å². The first-order valence-corrected chi connectivity index (χ1v) is 8.06. The molecule has 2 aromatic rings. The van der Waals surface area contributed by atoms with Crippen molar-refractivity contribution < 1.29 is 12.8 Å². The number of furan rings is 1. The molecule has 0 amide bonds. The van der Waals surface area contributed by atoms with Gasteiger partial charge in [-0.15, -0.1) is 0 Å². The third-order valence-corrected chi connectivity index (χ3v) is 5.26. The van der Waals surface area contributed by atoms with Crippen LogP contribution in [0.4, 0.5) is 0 Å². The molecule has 4 nitrogen and oxygen atoms in total. The molecule has 1 aromatic heterocycles. The Hall–Kier alpha value is -0.820. The van der Waals surface area contributed by atoms with Gasteiger partial charge in [-0.05, 0) is 53.2 Å². The van der Waals surface area contributed by atoms with Crippen molar-refractivity contribution in [2.75, 3.05) is 0 Å². The highest BCUT2D eigenvalue weighted by molar-refractivity contribution is 9.10. The average molecular weight is 365 g/mol. The molecular formula is C12H11BrClNO3S. The summed E-state index contributed by atoms with van der Waals surface area (Å²) in [7, 11) is -3.62. The Balaban J connectivity index is 2.25. The van der Waals surface area contributed by atoms with Crippen LogP contribution in [0.3, 0.4) is 0 Å². The van der Waals surface area contributed by atoms with E-state index in [1.165, 1.54) is 24.5 Å². The molecule has 0 fully saturated rings. The zero-order chi connectivity index (χ0) is 14.0. The molecular weight excluding hydrogens is 354 g/mol. The predicted octanol–water partition coefficient (Wildman–Crippen LogP) is 3.74. The van der Waals surface area contributed by atoms with Gasteiger partial charge in [-0.3, -0.25) is 0 Å². The average Bonchev–Trinajstić information content (AvgIpc) is 2.85. The molecule has 0 aliphatic rings. The van der Waals surface area contributed by atoms with E-state index in [0.29, 0.717) is 15.3 Å². The maximum absolute atomic E-state index is 12.2. The van der Waals surface area contributed by atoms with Crippen LogP contribution in [-0.4, -0.2) is 8.42 Å². The summed E-state index contributed by atoms with van der Waals surface area (Å²) in [5.41, 5.74) is 0. The van der Waals surface area contributed by atoms with E-state index in [2.05, 4.69) is 20.7 Å². The number of rotatable bonds is 4. The number of halogens is 2. The molecule has 0 radical (unpaired) electrons. The minimum atomic E-state index is -3.62. The first kappa shape index (κ1) is 14.6. The van der Waals surface area contributed by atoms with E-state index in [1.54, 1.807) is 19.1 Å². The van der Waals surface area contributed by atoms with Crippen molar-refractivity contribution in [2.45, 2.75) is 17.9 Å². The lowest BCUT2D eigenvalue weighted by molar-refractivity contribution is 0.459. The summed E-state index contributed by atoms with van der Waals surface area (Å²) in [5.74, 6) is 0.552. The second kappa shape index (κ2) is 5.66. The molecule has 0 bridgehead atoms. The summed E-state index contributed by atoms with van der Waals surface area (Å²) in [4.78, 5) is 0.141. The summed E-state index contributed by atoms with van der Waals surface area (Å²) in [6.45, 7) is 1.71. The van der Waals surface area contributed by atoms with Crippen LogP contribution in [0.2, 0.25) is 5.02 Å². The summed E-state index contributed by atoms with van der Waals surface area (Å²) in [5, 5.41) is 0.457. The summed E-state index contributed by atoms with van der Waals surface area (Å²) >= 11 is 9.04. The van der Waals surface area contributed by atoms with Gasteiger partial charge in [0, 0.05) is 4.47 Å². The maximum atomic E-state index is 12.2. The van der Waals surface area contributed by atoms with E-state index in [9.17, 15) is 8.42 Å². The van der Waals surface area contributed by atoms with Gasteiger partial charge in [0.2, 0.25) is 10.0 Å². The van der Waals surface area contributed by atoms with E-state index >= 15 is 0 Å². The van der Waals surface area contributed by atoms with Crippen molar-refractivity contribution in [1.82, 2.24) is 4.72 Å². The van der Waals surface area contributed by atoms with E-state index in [1.807, 2.05) is 0 Å². The zero-order valence-corrected chi connectivity index (χ0v) is 13.1. The molecule has 1 heterocycles. The van der Waals surface area contributed by atoms with E-state index < -0.39 is 16.1 Å². The fourth-order valence-corrected chi connectivity index (χ4v) is 3.43. The standard InChI is InChI=1S/C12H11BrClNO3S/c1-8(12-3-2-6-18-12)15-19(16,17)9-4-5-11(14)10(13)7-9/h2-8,15H,1H3. The molecule has 1 unspecified atom stereocenters. The molecule has 1 aromatic carbocycles. The van der Waals surface area contributed by atoms with Gasteiger partial charge in [-0.1, -0.05) is 11.6 Å². The lowest BCUT2D eigenvalue weighted by Crippen LogP contribution is -2.26. The van der Waals surface area contributed by atoms with Crippen LogP contribution < -0.4 is 4.72 Å². The van der Waals surface area contributed by atoms with Crippen molar-refractivity contribution in [3.8, 4) is 0 Å². The summed E-state index contributed by atoms with van der Waals surface area (Å²) < 4.78 is 32.6. The fourth-order valence-electron chi connectivity index (χ4n) is 1.54.